The number of ether oxygens (including phenoxy) is 1. The first-order chi connectivity index (χ1) is 25.8. The summed E-state index contributed by atoms with van der Waals surface area (Å²) in [4.78, 5) is 59.2. The maximum absolute atomic E-state index is 14.9. The molecule has 2 amide bonds. The van der Waals surface area contributed by atoms with Crippen molar-refractivity contribution in [3.8, 4) is 17.3 Å². The number of aryl methyl sites for hydroxylation is 1. The van der Waals surface area contributed by atoms with Crippen molar-refractivity contribution < 1.29 is 37.0 Å². The van der Waals surface area contributed by atoms with Crippen LogP contribution in [0.1, 0.15) is 65.6 Å². The Morgan fingerprint density at radius 2 is 1.81 bits per heavy atom. The zero-order valence-corrected chi connectivity index (χ0v) is 29.0. The number of piperazine rings is 1. The van der Waals surface area contributed by atoms with Crippen LogP contribution in [0.2, 0.25) is 0 Å². The van der Waals surface area contributed by atoms with Crippen molar-refractivity contribution in [2.24, 2.45) is 0 Å². The van der Waals surface area contributed by atoms with Crippen LogP contribution >= 0.6 is 0 Å². The molecule has 1 aromatic carbocycles. The van der Waals surface area contributed by atoms with Crippen molar-refractivity contribution in [1.29, 1.82) is 0 Å². The molecule has 2 aliphatic heterocycles. The maximum Gasteiger partial charge on any atom is 0.416 e. The maximum atomic E-state index is 14.9. The standard InChI is InChI=1S/C35H32F4N10O5/c1-16-12-24(33(52)43-21-5-4-18(13-20(21)36)35(37,38)39)48-28(16)29(31(51)26-32(48)45-49(44-26)19-8-9-40-25(14-19)54-3)46-10-11-47(23-7-6-22(23)46)34(53)27-30(50)17(2)41-15-42-27/h4-5,8-9,13-16,22-24,50H,6-7,10-12H2,1-3H3,(H,43,52)/t16-,22+,23+,24+/m1/s1. The molecule has 15 nitrogen and oxygen atoms in total. The summed E-state index contributed by atoms with van der Waals surface area (Å²) in [6.45, 7) is 3.82. The lowest BCUT2D eigenvalue weighted by molar-refractivity contribution is -0.137. The van der Waals surface area contributed by atoms with E-state index in [1.54, 1.807) is 28.5 Å². The summed E-state index contributed by atoms with van der Waals surface area (Å²) in [5, 5.41) is 22.2. The van der Waals surface area contributed by atoms with Gasteiger partial charge in [0.25, 0.3) is 5.91 Å². The van der Waals surface area contributed by atoms with E-state index < -0.39 is 52.4 Å². The summed E-state index contributed by atoms with van der Waals surface area (Å²) in [5.74, 6) is -2.91. The fraction of sp³-hybridized carbons (Fsp3) is 0.371. The number of aromatic nitrogens is 7. The SMILES string of the molecule is COc1cc(-n2nc3c(=O)c(N4CCN(C(=O)c5ncnc(C)c5O)[C@H]5CC[C@@H]54)c4n(c3n2)[C@H](C(=O)Nc2ccc(C(F)(F)F)cc2F)C[C@H]4C)ccn1. The summed E-state index contributed by atoms with van der Waals surface area (Å²) in [7, 11) is 1.44. The number of nitrogens with zero attached hydrogens (tertiary/aromatic N) is 9. The van der Waals surface area contributed by atoms with Crippen molar-refractivity contribution in [1.82, 2.24) is 39.4 Å². The van der Waals surface area contributed by atoms with Crippen LogP contribution in [0.25, 0.3) is 16.9 Å². The van der Waals surface area contributed by atoms with Gasteiger partial charge < -0.3 is 29.5 Å². The normalized spacial score (nSPS) is 20.7. The van der Waals surface area contributed by atoms with Gasteiger partial charge in [-0.2, -0.15) is 13.2 Å². The third-order valence-electron chi connectivity index (χ3n) is 10.5. The molecule has 2 N–H and O–H groups in total. The molecule has 1 saturated carbocycles. The molecule has 4 atom stereocenters. The lowest BCUT2D eigenvalue weighted by atomic mass is 9.81. The van der Waals surface area contributed by atoms with Crippen LogP contribution in [-0.2, 0) is 11.0 Å². The van der Waals surface area contributed by atoms with Crippen molar-refractivity contribution >= 4 is 34.4 Å². The van der Waals surface area contributed by atoms with Crippen molar-refractivity contribution in [2.75, 3.05) is 30.4 Å². The van der Waals surface area contributed by atoms with Crippen LogP contribution in [0, 0.1) is 12.7 Å². The molecule has 280 valence electrons. The Bertz CT molecular complexity index is 2420. The number of alkyl halides is 3. The molecule has 54 heavy (non-hydrogen) atoms. The van der Waals surface area contributed by atoms with E-state index >= 15 is 0 Å². The summed E-state index contributed by atoms with van der Waals surface area (Å²) in [5.41, 5.74) is -0.758. The molecule has 6 heterocycles. The number of halogens is 4. The van der Waals surface area contributed by atoms with Crippen LogP contribution in [-0.4, -0.2) is 88.6 Å². The molecule has 8 rings (SSSR count). The predicted octanol–water partition coefficient (Wildman–Crippen LogP) is 4.13. The van der Waals surface area contributed by atoms with Crippen LogP contribution in [0.4, 0.5) is 28.9 Å². The number of rotatable bonds is 6. The number of carbonyl (C=O) groups is 2. The predicted molar refractivity (Wildman–Crippen MR) is 183 cm³/mol. The third kappa shape index (κ3) is 5.56. The summed E-state index contributed by atoms with van der Waals surface area (Å²) < 4.78 is 61.5. The van der Waals surface area contributed by atoms with Gasteiger partial charge in [-0.1, -0.05) is 6.92 Å². The van der Waals surface area contributed by atoms with E-state index in [-0.39, 0.29) is 71.5 Å². The van der Waals surface area contributed by atoms with Gasteiger partial charge in [0.1, 0.15) is 23.9 Å². The molecule has 4 aromatic heterocycles. The number of aromatic hydroxyl groups is 1. The Kier molecular flexibility index (Phi) is 8.26. The molecule has 3 aliphatic rings. The molecule has 5 aromatic rings. The van der Waals surface area contributed by atoms with Crippen molar-refractivity contribution in [3.05, 3.63) is 81.5 Å². The number of carbonyl (C=O) groups excluding carboxylic acids is 2. The number of fused-ring (bicyclic) bond motifs is 4. The Hall–Kier alpha value is -6.14. The molecule has 0 bridgehead atoms. The largest absolute Gasteiger partial charge is 0.504 e. The fourth-order valence-corrected chi connectivity index (χ4v) is 7.69. The zero-order chi connectivity index (χ0) is 38.2. The van der Waals surface area contributed by atoms with Crippen LogP contribution < -0.4 is 20.4 Å². The van der Waals surface area contributed by atoms with Crippen molar-refractivity contribution in [2.45, 2.75) is 63.3 Å². The Balaban J connectivity index is 1.22. The second-order valence-corrected chi connectivity index (χ2v) is 13.5. The molecule has 19 heteroatoms. The number of hydrogen-bond acceptors (Lipinski definition) is 11. The van der Waals surface area contributed by atoms with Gasteiger partial charge in [-0.15, -0.1) is 15.0 Å². The fourth-order valence-electron chi connectivity index (χ4n) is 7.69. The van der Waals surface area contributed by atoms with Crippen LogP contribution in [0.3, 0.4) is 0 Å². The van der Waals surface area contributed by atoms with E-state index in [0.29, 0.717) is 36.4 Å². The van der Waals surface area contributed by atoms with Gasteiger partial charge >= 0.3 is 6.18 Å². The minimum absolute atomic E-state index is 0.0621. The number of methoxy groups -OCH3 is 1. The highest BCUT2D eigenvalue weighted by Gasteiger charge is 2.49. The van der Waals surface area contributed by atoms with Gasteiger partial charge in [0.05, 0.1) is 41.5 Å². The molecule has 0 radical (unpaired) electrons. The first-order valence-electron chi connectivity index (χ1n) is 17.1. The minimum atomic E-state index is -4.78. The summed E-state index contributed by atoms with van der Waals surface area (Å²) in [6, 6.07) is 3.31. The summed E-state index contributed by atoms with van der Waals surface area (Å²) >= 11 is 0. The number of hydrogen-bond donors (Lipinski definition) is 2. The highest BCUT2D eigenvalue weighted by Crippen LogP contribution is 2.46. The molecular weight excluding hydrogens is 716 g/mol. The molecule has 0 unspecified atom stereocenters. The van der Waals surface area contributed by atoms with Crippen LogP contribution in [0.5, 0.6) is 11.6 Å². The van der Waals surface area contributed by atoms with Gasteiger partial charge in [-0.25, -0.2) is 19.3 Å². The highest BCUT2D eigenvalue weighted by molar-refractivity contribution is 5.97. The van der Waals surface area contributed by atoms with E-state index in [1.807, 2.05) is 11.8 Å². The number of nitrogens with one attached hydrogen (secondary N) is 1. The van der Waals surface area contributed by atoms with Gasteiger partial charge in [0, 0.05) is 37.3 Å². The van der Waals surface area contributed by atoms with Crippen molar-refractivity contribution in [3.63, 3.8) is 0 Å². The number of amides is 2. The summed E-state index contributed by atoms with van der Waals surface area (Å²) in [6.07, 6.45) is -0.686. The van der Waals surface area contributed by atoms with Gasteiger partial charge in [0.2, 0.25) is 17.2 Å². The van der Waals surface area contributed by atoms with Gasteiger partial charge in [0.15, 0.2) is 22.6 Å². The molecule has 2 fully saturated rings. The topological polar surface area (TPSA) is 173 Å². The monoisotopic (exact) mass is 748 g/mol. The lowest BCUT2D eigenvalue weighted by Crippen LogP contribution is -2.67. The molecular formula is C35H32F4N10O5. The lowest BCUT2D eigenvalue weighted by Gasteiger charge is -2.54. The average Bonchev–Trinajstić information content (AvgIpc) is 3.72. The Morgan fingerprint density at radius 3 is 2.52 bits per heavy atom. The Morgan fingerprint density at radius 1 is 1.04 bits per heavy atom. The molecule has 1 aliphatic carbocycles. The second-order valence-electron chi connectivity index (χ2n) is 13.5. The smallest absolute Gasteiger partial charge is 0.416 e. The van der Waals surface area contributed by atoms with Crippen LogP contribution in [0.15, 0.2) is 47.7 Å². The van der Waals surface area contributed by atoms with E-state index in [2.05, 4.69) is 30.5 Å². The van der Waals surface area contributed by atoms with E-state index in [0.717, 1.165) is 6.07 Å². The number of pyridine rings is 2. The quantitative estimate of drug-likeness (QED) is 0.239. The Labute approximate surface area is 303 Å². The number of anilines is 2. The first-order valence-corrected chi connectivity index (χ1v) is 17.1. The zero-order valence-electron chi connectivity index (χ0n) is 29.0. The third-order valence-corrected chi connectivity index (χ3v) is 10.5. The van der Waals surface area contributed by atoms with E-state index in [4.69, 9.17) is 4.74 Å². The second kappa shape index (κ2) is 12.8. The molecule has 1 saturated heterocycles. The van der Waals surface area contributed by atoms with Gasteiger partial charge in [-0.05, 0) is 50.5 Å². The average molecular weight is 749 g/mol. The minimum Gasteiger partial charge on any atom is -0.504 e. The van der Waals surface area contributed by atoms with Gasteiger partial charge in [-0.3, -0.25) is 14.4 Å². The van der Waals surface area contributed by atoms with E-state index in [9.17, 15) is 37.1 Å². The molecule has 0 spiro atoms. The van der Waals surface area contributed by atoms with E-state index in [1.165, 1.54) is 24.4 Å². The highest BCUT2D eigenvalue weighted by atomic mass is 19.4. The number of benzene rings is 1. The first kappa shape index (κ1) is 34.9.